The summed E-state index contributed by atoms with van der Waals surface area (Å²) in [6.45, 7) is 2.85. The molecule has 1 N–H and O–H groups in total. The van der Waals surface area contributed by atoms with Crippen LogP contribution in [-0.4, -0.2) is 29.5 Å². The van der Waals surface area contributed by atoms with Gasteiger partial charge in [0.15, 0.2) is 0 Å². The highest BCUT2D eigenvalue weighted by atomic mass is 35.5. The predicted molar refractivity (Wildman–Crippen MR) is 85.0 cm³/mol. The van der Waals surface area contributed by atoms with Crippen LogP contribution in [0.3, 0.4) is 0 Å². The van der Waals surface area contributed by atoms with E-state index in [2.05, 4.69) is 22.2 Å². The van der Waals surface area contributed by atoms with Crippen LogP contribution in [0.25, 0.3) is 0 Å². The Kier molecular flexibility index (Phi) is 5.11. The normalized spacial score (nSPS) is 10.2. The molecule has 2 aromatic rings. The van der Waals surface area contributed by atoms with E-state index >= 15 is 0 Å². The van der Waals surface area contributed by atoms with Crippen molar-refractivity contribution in [3.8, 4) is 0 Å². The van der Waals surface area contributed by atoms with Gasteiger partial charge in [-0.15, -0.1) is 0 Å². The Morgan fingerprint density at radius 3 is 2.71 bits per heavy atom. The Balaban J connectivity index is 2.18. The molecule has 0 aliphatic heterocycles. The zero-order valence-corrected chi connectivity index (χ0v) is 12.8. The van der Waals surface area contributed by atoms with Gasteiger partial charge in [0.05, 0.1) is 10.6 Å². The van der Waals surface area contributed by atoms with E-state index in [9.17, 15) is 4.79 Å². The lowest BCUT2D eigenvalue weighted by Crippen LogP contribution is -2.26. The van der Waals surface area contributed by atoms with Gasteiger partial charge in [-0.3, -0.25) is 9.78 Å². The Bertz CT molecular complexity index is 618. The van der Waals surface area contributed by atoms with Crippen molar-refractivity contribution in [2.45, 2.75) is 13.3 Å². The van der Waals surface area contributed by atoms with Crippen LogP contribution in [0.15, 0.2) is 36.8 Å². The van der Waals surface area contributed by atoms with Crippen LogP contribution in [0.5, 0.6) is 0 Å². The smallest absolute Gasteiger partial charge is 0.259 e. The molecule has 0 aliphatic carbocycles. The topological polar surface area (TPSA) is 58.1 Å². The maximum Gasteiger partial charge on any atom is 0.259 e. The number of pyridine rings is 2. The highest BCUT2D eigenvalue weighted by Gasteiger charge is 2.15. The number of amides is 1. The molecule has 0 fully saturated rings. The lowest BCUT2D eigenvalue weighted by atomic mass is 10.2. The van der Waals surface area contributed by atoms with Crippen molar-refractivity contribution < 1.29 is 4.79 Å². The SMILES string of the molecule is CCCNc1ncc(C(=O)N(C)c2ccncc2)cc1Cl. The van der Waals surface area contributed by atoms with E-state index in [0.29, 0.717) is 16.4 Å². The largest absolute Gasteiger partial charge is 0.369 e. The number of rotatable bonds is 5. The van der Waals surface area contributed by atoms with Crippen molar-refractivity contribution >= 4 is 29.0 Å². The van der Waals surface area contributed by atoms with Gasteiger partial charge in [-0.25, -0.2) is 4.98 Å². The highest BCUT2D eigenvalue weighted by Crippen LogP contribution is 2.22. The molecule has 0 aromatic carbocycles. The van der Waals surface area contributed by atoms with Gasteiger partial charge in [-0.05, 0) is 24.6 Å². The maximum absolute atomic E-state index is 12.4. The van der Waals surface area contributed by atoms with E-state index in [1.54, 1.807) is 37.6 Å². The summed E-state index contributed by atoms with van der Waals surface area (Å²) in [5, 5.41) is 3.56. The minimum atomic E-state index is -0.169. The van der Waals surface area contributed by atoms with E-state index < -0.39 is 0 Å². The Labute approximate surface area is 129 Å². The molecule has 0 radical (unpaired) electrons. The Morgan fingerprint density at radius 2 is 2.10 bits per heavy atom. The Hall–Kier alpha value is -2.14. The summed E-state index contributed by atoms with van der Waals surface area (Å²) in [6, 6.07) is 5.17. The molecule has 1 amide bonds. The van der Waals surface area contributed by atoms with Crippen LogP contribution in [0.4, 0.5) is 11.5 Å². The monoisotopic (exact) mass is 304 g/mol. The number of nitrogens with one attached hydrogen (secondary N) is 1. The molecule has 110 valence electrons. The van der Waals surface area contributed by atoms with Crippen LogP contribution in [0.2, 0.25) is 5.02 Å². The quantitative estimate of drug-likeness (QED) is 0.921. The lowest BCUT2D eigenvalue weighted by molar-refractivity contribution is 0.0992. The van der Waals surface area contributed by atoms with E-state index in [1.807, 2.05) is 0 Å². The summed E-state index contributed by atoms with van der Waals surface area (Å²) in [6.07, 6.45) is 5.79. The summed E-state index contributed by atoms with van der Waals surface area (Å²) in [5.41, 5.74) is 1.21. The van der Waals surface area contributed by atoms with Gasteiger partial charge in [-0.2, -0.15) is 0 Å². The molecule has 0 saturated heterocycles. The van der Waals surface area contributed by atoms with E-state index in [0.717, 1.165) is 18.7 Å². The molecule has 0 aliphatic rings. The number of aromatic nitrogens is 2. The van der Waals surface area contributed by atoms with E-state index in [-0.39, 0.29) is 5.91 Å². The molecule has 0 saturated carbocycles. The summed E-state index contributed by atoms with van der Waals surface area (Å²) < 4.78 is 0. The van der Waals surface area contributed by atoms with Crippen LogP contribution in [-0.2, 0) is 0 Å². The Morgan fingerprint density at radius 1 is 1.38 bits per heavy atom. The second-order valence-corrected chi connectivity index (χ2v) is 4.96. The number of carbonyl (C=O) groups excluding carboxylic acids is 1. The van der Waals surface area contributed by atoms with Crippen molar-refractivity contribution in [2.75, 3.05) is 23.8 Å². The second kappa shape index (κ2) is 7.04. The number of hydrogen-bond acceptors (Lipinski definition) is 4. The molecule has 2 rings (SSSR count). The van der Waals surface area contributed by atoms with Gasteiger partial charge >= 0.3 is 0 Å². The van der Waals surface area contributed by atoms with Crippen LogP contribution in [0, 0.1) is 0 Å². The minimum Gasteiger partial charge on any atom is -0.369 e. The minimum absolute atomic E-state index is 0.169. The molecular weight excluding hydrogens is 288 g/mol. The lowest BCUT2D eigenvalue weighted by Gasteiger charge is -2.17. The van der Waals surface area contributed by atoms with Crippen molar-refractivity contribution in [1.82, 2.24) is 9.97 Å². The average Bonchev–Trinajstić information content (AvgIpc) is 2.53. The summed E-state index contributed by atoms with van der Waals surface area (Å²) in [5.74, 6) is 0.430. The van der Waals surface area contributed by atoms with Crippen molar-refractivity contribution in [3.63, 3.8) is 0 Å². The summed E-state index contributed by atoms with van der Waals surface area (Å²) >= 11 is 6.15. The number of carbonyl (C=O) groups is 1. The fourth-order valence-corrected chi connectivity index (χ4v) is 2.04. The third-order valence-corrected chi connectivity index (χ3v) is 3.27. The van der Waals surface area contributed by atoms with Crippen molar-refractivity contribution in [3.05, 3.63) is 47.4 Å². The predicted octanol–water partition coefficient (Wildman–Crippen LogP) is 3.23. The van der Waals surface area contributed by atoms with Crippen LogP contribution >= 0.6 is 11.6 Å². The first-order chi connectivity index (χ1) is 10.1. The molecule has 0 bridgehead atoms. The second-order valence-electron chi connectivity index (χ2n) is 4.55. The van der Waals surface area contributed by atoms with Crippen LogP contribution in [0.1, 0.15) is 23.7 Å². The number of anilines is 2. The highest BCUT2D eigenvalue weighted by molar-refractivity contribution is 6.33. The van der Waals surface area contributed by atoms with Crippen LogP contribution < -0.4 is 10.2 Å². The molecule has 21 heavy (non-hydrogen) atoms. The van der Waals surface area contributed by atoms with Gasteiger partial charge in [0.2, 0.25) is 0 Å². The first-order valence-corrected chi connectivity index (χ1v) is 7.08. The number of hydrogen-bond donors (Lipinski definition) is 1. The molecule has 2 aromatic heterocycles. The third-order valence-electron chi connectivity index (χ3n) is 2.99. The fraction of sp³-hybridized carbons (Fsp3) is 0.267. The molecular formula is C15H17ClN4O. The number of halogens is 1. The fourth-order valence-electron chi connectivity index (χ4n) is 1.81. The first-order valence-electron chi connectivity index (χ1n) is 6.71. The zero-order valence-electron chi connectivity index (χ0n) is 12.0. The number of nitrogens with zero attached hydrogens (tertiary/aromatic N) is 3. The third kappa shape index (κ3) is 3.70. The molecule has 6 heteroatoms. The summed E-state index contributed by atoms with van der Waals surface area (Å²) in [4.78, 5) is 22.1. The summed E-state index contributed by atoms with van der Waals surface area (Å²) in [7, 11) is 1.70. The van der Waals surface area contributed by atoms with E-state index in [1.165, 1.54) is 11.1 Å². The van der Waals surface area contributed by atoms with Gasteiger partial charge in [0, 0.05) is 37.9 Å². The van der Waals surface area contributed by atoms with E-state index in [4.69, 9.17) is 11.6 Å². The average molecular weight is 305 g/mol. The van der Waals surface area contributed by atoms with Crippen molar-refractivity contribution in [1.29, 1.82) is 0 Å². The van der Waals surface area contributed by atoms with Gasteiger partial charge in [0.25, 0.3) is 5.91 Å². The van der Waals surface area contributed by atoms with Gasteiger partial charge in [-0.1, -0.05) is 18.5 Å². The van der Waals surface area contributed by atoms with Gasteiger partial charge in [0.1, 0.15) is 5.82 Å². The molecule has 5 nitrogen and oxygen atoms in total. The molecule has 0 unspecified atom stereocenters. The zero-order chi connectivity index (χ0) is 15.2. The molecule has 0 spiro atoms. The van der Waals surface area contributed by atoms with Crippen molar-refractivity contribution in [2.24, 2.45) is 0 Å². The first kappa shape index (κ1) is 15.3. The molecule has 2 heterocycles. The van der Waals surface area contributed by atoms with Gasteiger partial charge < -0.3 is 10.2 Å². The molecule has 0 atom stereocenters. The standard InChI is InChI=1S/C15H17ClN4O/c1-3-6-18-14-13(16)9-11(10-19-14)15(21)20(2)12-4-7-17-8-5-12/h4-5,7-10H,3,6H2,1-2H3,(H,18,19). The maximum atomic E-state index is 12.4.